The van der Waals surface area contributed by atoms with Crippen molar-refractivity contribution in [1.82, 2.24) is 0 Å². The molecule has 0 fully saturated rings. The summed E-state index contributed by atoms with van der Waals surface area (Å²) in [7, 11) is -1.66. The van der Waals surface area contributed by atoms with Crippen molar-refractivity contribution in [2.45, 2.75) is 57.5 Å². The Morgan fingerprint density at radius 3 is 2.21 bits per heavy atom. The van der Waals surface area contributed by atoms with Crippen LogP contribution >= 0.6 is 0 Å². The van der Waals surface area contributed by atoms with Crippen molar-refractivity contribution in [3.63, 3.8) is 0 Å². The van der Waals surface area contributed by atoms with Gasteiger partial charge in [0.2, 0.25) is 0 Å². The Labute approximate surface area is 88.1 Å². The Morgan fingerprint density at radius 2 is 1.86 bits per heavy atom. The van der Waals surface area contributed by atoms with Crippen molar-refractivity contribution in [1.29, 1.82) is 0 Å². The lowest BCUT2D eigenvalue weighted by atomic mass is 10.2. The average Bonchev–Trinajstić information content (AvgIpc) is 2.31. The molecule has 1 unspecified atom stereocenters. The molecule has 2 nitrogen and oxygen atoms in total. The molecule has 2 atom stereocenters. The third kappa shape index (κ3) is 2.68. The van der Waals surface area contributed by atoms with Crippen molar-refractivity contribution in [3.05, 3.63) is 12.2 Å². The molecule has 0 radical (unpaired) electrons. The quantitative estimate of drug-likeness (QED) is 0.566. The zero-order valence-corrected chi connectivity index (χ0v) is 10.9. The summed E-state index contributed by atoms with van der Waals surface area (Å²) in [5, 5.41) is 9.59. The lowest BCUT2D eigenvalue weighted by Gasteiger charge is -2.38. The molecule has 0 spiro atoms. The van der Waals surface area contributed by atoms with E-state index >= 15 is 0 Å². The monoisotopic (exact) mass is 214 g/mol. The molecule has 3 heteroatoms. The molecule has 0 aromatic rings. The molecule has 1 rings (SSSR count). The summed E-state index contributed by atoms with van der Waals surface area (Å²) in [6, 6.07) is 0. The van der Waals surface area contributed by atoms with E-state index in [4.69, 9.17) is 4.43 Å². The maximum absolute atomic E-state index is 9.35. The molecule has 1 aliphatic carbocycles. The second-order valence-corrected chi connectivity index (χ2v) is 10.4. The van der Waals surface area contributed by atoms with Gasteiger partial charge in [-0.3, -0.25) is 0 Å². The fourth-order valence-electron chi connectivity index (χ4n) is 1.29. The zero-order chi connectivity index (χ0) is 11.0. The summed E-state index contributed by atoms with van der Waals surface area (Å²) in [6.45, 7) is 11.2. The molecule has 0 amide bonds. The minimum Gasteiger partial charge on any atom is -0.410 e. The molecule has 0 heterocycles. The van der Waals surface area contributed by atoms with Crippen LogP contribution in [0.3, 0.4) is 0 Å². The lowest BCUT2D eigenvalue weighted by Crippen LogP contribution is -2.43. The number of hydrogen-bond acceptors (Lipinski definition) is 2. The van der Waals surface area contributed by atoms with Crippen LogP contribution in [-0.2, 0) is 4.43 Å². The van der Waals surface area contributed by atoms with Gasteiger partial charge >= 0.3 is 0 Å². The fraction of sp³-hybridized carbons (Fsp3) is 0.818. The highest BCUT2D eigenvalue weighted by Gasteiger charge is 2.39. The standard InChI is InChI=1S/C11H22O2Si/c1-11(2,3)14(4,5)13-10-7-6-9(12)8-10/h6-7,9-10,12H,8H2,1-5H3/t9?,10-/m1/s1. The third-order valence-electron chi connectivity index (χ3n) is 3.27. The molecule has 0 saturated carbocycles. The van der Waals surface area contributed by atoms with Gasteiger partial charge in [-0.1, -0.05) is 32.9 Å². The molecular formula is C11H22O2Si. The predicted molar refractivity (Wildman–Crippen MR) is 61.8 cm³/mol. The molecule has 0 saturated heterocycles. The van der Waals surface area contributed by atoms with Crippen LogP contribution in [0.15, 0.2) is 12.2 Å². The Balaban J connectivity index is 2.56. The Morgan fingerprint density at radius 1 is 1.29 bits per heavy atom. The largest absolute Gasteiger partial charge is 0.410 e. The normalized spacial score (nSPS) is 28.4. The number of rotatable bonds is 2. The number of hydrogen-bond donors (Lipinski definition) is 1. The molecular weight excluding hydrogens is 192 g/mol. The van der Waals surface area contributed by atoms with E-state index in [1.807, 2.05) is 12.2 Å². The van der Waals surface area contributed by atoms with Crippen LogP contribution in [0.4, 0.5) is 0 Å². The van der Waals surface area contributed by atoms with Gasteiger partial charge in [0.25, 0.3) is 0 Å². The van der Waals surface area contributed by atoms with Crippen LogP contribution in [-0.4, -0.2) is 25.6 Å². The van der Waals surface area contributed by atoms with E-state index in [0.717, 1.165) is 6.42 Å². The molecule has 0 aromatic heterocycles. The SMILES string of the molecule is CC(C)(C)[Si](C)(C)O[C@@H]1C=CC(O)C1. The summed E-state index contributed by atoms with van der Waals surface area (Å²) in [5.41, 5.74) is 0. The summed E-state index contributed by atoms with van der Waals surface area (Å²) >= 11 is 0. The average molecular weight is 214 g/mol. The van der Waals surface area contributed by atoms with E-state index in [1.165, 1.54) is 0 Å². The smallest absolute Gasteiger partial charge is 0.192 e. The minimum atomic E-state index is -1.66. The second kappa shape index (κ2) is 3.80. The fourth-order valence-corrected chi connectivity index (χ4v) is 2.58. The lowest BCUT2D eigenvalue weighted by molar-refractivity contribution is 0.155. The molecule has 1 N–H and O–H groups in total. The second-order valence-electron chi connectivity index (χ2n) is 5.60. The summed E-state index contributed by atoms with van der Waals surface area (Å²) in [6.07, 6.45) is 4.38. The van der Waals surface area contributed by atoms with Crippen molar-refractivity contribution in [2.24, 2.45) is 0 Å². The van der Waals surface area contributed by atoms with Crippen LogP contribution in [0.5, 0.6) is 0 Å². The van der Waals surface area contributed by atoms with E-state index in [0.29, 0.717) is 0 Å². The van der Waals surface area contributed by atoms with Crippen LogP contribution in [0.2, 0.25) is 18.1 Å². The topological polar surface area (TPSA) is 29.5 Å². The molecule has 1 aliphatic rings. The molecule has 0 aliphatic heterocycles. The number of aliphatic hydroxyl groups is 1. The van der Waals surface area contributed by atoms with Crippen molar-refractivity contribution >= 4 is 8.32 Å². The summed E-state index contributed by atoms with van der Waals surface area (Å²) in [4.78, 5) is 0. The first kappa shape index (κ1) is 11.9. The Hall–Kier alpha value is -0.123. The molecule has 0 bridgehead atoms. The first-order chi connectivity index (χ1) is 6.22. The van der Waals surface area contributed by atoms with Crippen LogP contribution in [0.25, 0.3) is 0 Å². The highest BCUT2D eigenvalue weighted by molar-refractivity contribution is 6.74. The summed E-state index contributed by atoms with van der Waals surface area (Å²) in [5.74, 6) is 0. The molecule has 82 valence electrons. The van der Waals surface area contributed by atoms with Crippen molar-refractivity contribution in [2.75, 3.05) is 0 Å². The Kier molecular flexibility index (Phi) is 3.24. The van der Waals surface area contributed by atoms with Gasteiger partial charge in [-0.15, -0.1) is 0 Å². The van der Waals surface area contributed by atoms with E-state index in [2.05, 4.69) is 33.9 Å². The molecule has 14 heavy (non-hydrogen) atoms. The maximum Gasteiger partial charge on any atom is 0.192 e. The van der Waals surface area contributed by atoms with Gasteiger partial charge < -0.3 is 9.53 Å². The highest BCUT2D eigenvalue weighted by atomic mass is 28.4. The van der Waals surface area contributed by atoms with Gasteiger partial charge in [0.05, 0.1) is 12.2 Å². The van der Waals surface area contributed by atoms with Gasteiger partial charge in [0.15, 0.2) is 8.32 Å². The first-order valence-electron chi connectivity index (χ1n) is 5.26. The number of aliphatic hydroxyl groups excluding tert-OH is 1. The van der Waals surface area contributed by atoms with Gasteiger partial charge in [-0.2, -0.15) is 0 Å². The van der Waals surface area contributed by atoms with E-state index < -0.39 is 8.32 Å². The van der Waals surface area contributed by atoms with Gasteiger partial charge in [-0.05, 0) is 18.1 Å². The van der Waals surface area contributed by atoms with Crippen LogP contribution in [0.1, 0.15) is 27.2 Å². The third-order valence-corrected chi connectivity index (χ3v) is 7.78. The van der Waals surface area contributed by atoms with E-state index in [1.54, 1.807) is 0 Å². The predicted octanol–water partition coefficient (Wildman–Crippen LogP) is 2.70. The van der Waals surface area contributed by atoms with Gasteiger partial charge in [-0.25, -0.2) is 0 Å². The minimum absolute atomic E-state index is 0.130. The zero-order valence-electron chi connectivity index (χ0n) is 9.87. The van der Waals surface area contributed by atoms with Crippen molar-refractivity contribution in [3.8, 4) is 0 Å². The van der Waals surface area contributed by atoms with E-state index in [-0.39, 0.29) is 17.2 Å². The summed E-state index contributed by atoms with van der Waals surface area (Å²) < 4.78 is 6.13. The van der Waals surface area contributed by atoms with Crippen molar-refractivity contribution < 1.29 is 9.53 Å². The van der Waals surface area contributed by atoms with Gasteiger partial charge in [0, 0.05) is 6.42 Å². The molecule has 0 aromatic carbocycles. The van der Waals surface area contributed by atoms with Crippen LogP contribution < -0.4 is 0 Å². The van der Waals surface area contributed by atoms with E-state index in [9.17, 15) is 5.11 Å². The highest BCUT2D eigenvalue weighted by Crippen LogP contribution is 2.38. The van der Waals surface area contributed by atoms with Gasteiger partial charge in [0.1, 0.15) is 0 Å². The first-order valence-corrected chi connectivity index (χ1v) is 8.17. The maximum atomic E-state index is 9.35. The Bertz CT molecular complexity index is 228. The van der Waals surface area contributed by atoms with Crippen LogP contribution in [0, 0.1) is 0 Å².